The van der Waals surface area contributed by atoms with E-state index in [1.165, 1.54) is 4.31 Å². The third kappa shape index (κ3) is 3.32. The molecule has 0 aromatic heterocycles. The first-order valence-corrected chi connectivity index (χ1v) is 9.93. The van der Waals surface area contributed by atoms with Crippen LogP contribution in [0.2, 0.25) is 0 Å². The van der Waals surface area contributed by atoms with Crippen molar-refractivity contribution < 1.29 is 17.9 Å². The molecule has 0 fully saturated rings. The molecule has 0 atom stereocenters. The Hall–Kier alpha value is -2.38. The number of anilines is 1. The number of methoxy groups -OCH3 is 1. The number of amides is 1. The molecule has 2 aromatic rings. The van der Waals surface area contributed by atoms with Gasteiger partial charge in [-0.1, -0.05) is 31.2 Å². The van der Waals surface area contributed by atoms with Crippen molar-refractivity contribution in [1.29, 1.82) is 0 Å². The van der Waals surface area contributed by atoms with Crippen LogP contribution in [-0.4, -0.2) is 41.1 Å². The maximum Gasteiger partial charge on any atom is 0.265 e. The summed E-state index contributed by atoms with van der Waals surface area (Å²) in [5.74, 6) is -0.365. The number of carbonyl (C=O) groups excluding carboxylic acids is 1. The normalized spacial score (nSPS) is 14.5. The maximum atomic E-state index is 13.1. The predicted octanol–water partition coefficient (Wildman–Crippen LogP) is 2.19. The summed E-state index contributed by atoms with van der Waals surface area (Å²) < 4.78 is 32.3. The monoisotopic (exact) mass is 374 g/mol. The highest BCUT2D eigenvalue weighted by Gasteiger charge is 2.35. The molecular weight excluding hydrogens is 352 g/mol. The van der Waals surface area contributed by atoms with E-state index in [0.29, 0.717) is 24.4 Å². The van der Waals surface area contributed by atoms with Crippen molar-refractivity contribution in [2.24, 2.45) is 0 Å². The SMILES string of the molecule is CCc1ccc2c(c1)-c1ccccc1S(=O)(=O)N2CC(=O)NCCOC. The Bertz CT molecular complexity index is 925. The maximum absolute atomic E-state index is 13.1. The van der Waals surface area contributed by atoms with E-state index >= 15 is 0 Å². The van der Waals surface area contributed by atoms with Gasteiger partial charge in [0.1, 0.15) is 6.54 Å². The molecule has 1 N–H and O–H groups in total. The standard InChI is InChI=1S/C19H22N2O4S/c1-3-14-8-9-17-16(12-14)15-6-4-5-7-18(15)26(23,24)21(17)13-19(22)20-10-11-25-2/h4-9,12H,3,10-11,13H2,1-2H3,(H,20,22). The van der Waals surface area contributed by atoms with E-state index in [2.05, 4.69) is 5.32 Å². The Morgan fingerprint density at radius 2 is 1.92 bits per heavy atom. The molecule has 26 heavy (non-hydrogen) atoms. The van der Waals surface area contributed by atoms with Crippen molar-refractivity contribution in [2.45, 2.75) is 18.2 Å². The van der Waals surface area contributed by atoms with Gasteiger partial charge in [-0.2, -0.15) is 0 Å². The second-order valence-corrected chi connectivity index (χ2v) is 7.89. The van der Waals surface area contributed by atoms with Crippen LogP contribution in [0.4, 0.5) is 5.69 Å². The smallest absolute Gasteiger partial charge is 0.265 e. The molecule has 138 valence electrons. The van der Waals surface area contributed by atoms with Gasteiger partial charge in [0.15, 0.2) is 0 Å². The van der Waals surface area contributed by atoms with Crippen LogP contribution < -0.4 is 9.62 Å². The molecule has 6 nitrogen and oxygen atoms in total. The van der Waals surface area contributed by atoms with Gasteiger partial charge in [0.2, 0.25) is 5.91 Å². The lowest BCUT2D eigenvalue weighted by Crippen LogP contribution is -2.43. The fraction of sp³-hybridized carbons (Fsp3) is 0.316. The number of fused-ring (bicyclic) bond motifs is 3. The summed E-state index contributed by atoms with van der Waals surface area (Å²) in [4.78, 5) is 12.5. The van der Waals surface area contributed by atoms with E-state index < -0.39 is 10.0 Å². The molecular formula is C19H22N2O4S. The zero-order valence-electron chi connectivity index (χ0n) is 14.9. The molecule has 0 saturated carbocycles. The number of ether oxygens (including phenoxy) is 1. The van der Waals surface area contributed by atoms with Gasteiger partial charge in [0, 0.05) is 24.8 Å². The molecule has 1 amide bonds. The molecule has 0 aliphatic carbocycles. The molecule has 0 bridgehead atoms. The fourth-order valence-electron chi connectivity index (χ4n) is 3.05. The first-order valence-electron chi connectivity index (χ1n) is 8.49. The highest BCUT2D eigenvalue weighted by Crippen LogP contribution is 2.43. The molecule has 1 aliphatic heterocycles. The Morgan fingerprint density at radius 1 is 1.15 bits per heavy atom. The summed E-state index contributed by atoms with van der Waals surface area (Å²) in [6, 6.07) is 12.6. The lowest BCUT2D eigenvalue weighted by Gasteiger charge is -2.32. The second kappa shape index (κ2) is 7.47. The zero-order chi connectivity index (χ0) is 18.7. The Balaban J connectivity index is 2.04. The zero-order valence-corrected chi connectivity index (χ0v) is 15.7. The van der Waals surface area contributed by atoms with Crippen LogP contribution in [-0.2, 0) is 26.0 Å². The molecule has 0 spiro atoms. The number of rotatable bonds is 6. The quantitative estimate of drug-likeness (QED) is 0.787. The van der Waals surface area contributed by atoms with Gasteiger partial charge in [-0.25, -0.2) is 8.42 Å². The molecule has 3 rings (SSSR count). The van der Waals surface area contributed by atoms with E-state index in [0.717, 1.165) is 17.5 Å². The first-order chi connectivity index (χ1) is 12.5. The topological polar surface area (TPSA) is 75.7 Å². The van der Waals surface area contributed by atoms with Gasteiger partial charge in [0.25, 0.3) is 10.0 Å². The highest BCUT2D eigenvalue weighted by atomic mass is 32.2. The number of aryl methyl sites for hydroxylation is 1. The Kier molecular flexibility index (Phi) is 5.29. The number of nitrogens with zero attached hydrogens (tertiary/aromatic N) is 1. The summed E-state index contributed by atoms with van der Waals surface area (Å²) in [6.45, 7) is 2.49. The van der Waals surface area contributed by atoms with Crippen molar-refractivity contribution in [3.05, 3.63) is 48.0 Å². The van der Waals surface area contributed by atoms with E-state index in [1.54, 1.807) is 31.4 Å². The number of nitrogens with one attached hydrogen (secondary N) is 1. The van der Waals surface area contributed by atoms with Crippen LogP contribution in [0, 0.1) is 0 Å². The second-order valence-electron chi connectivity index (χ2n) is 6.06. The van der Waals surface area contributed by atoms with Gasteiger partial charge in [-0.15, -0.1) is 0 Å². The van der Waals surface area contributed by atoms with Crippen molar-refractivity contribution in [3.63, 3.8) is 0 Å². The van der Waals surface area contributed by atoms with Gasteiger partial charge < -0.3 is 10.1 Å². The number of hydrogen-bond acceptors (Lipinski definition) is 4. The molecule has 1 aliphatic rings. The largest absolute Gasteiger partial charge is 0.383 e. The number of sulfonamides is 1. The average molecular weight is 374 g/mol. The lowest BCUT2D eigenvalue weighted by atomic mass is 9.99. The highest BCUT2D eigenvalue weighted by molar-refractivity contribution is 7.93. The van der Waals surface area contributed by atoms with Crippen molar-refractivity contribution in [2.75, 3.05) is 31.1 Å². The van der Waals surface area contributed by atoms with Gasteiger partial charge in [-0.3, -0.25) is 9.10 Å². The van der Waals surface area contributed by atoms with Crippen LogP contribution in [0.1, 0.15) is 12.5 Å². The summed E-state index contributed by atoms with van der Waals surface area (Å²) in [6.07, 6.45) is 0.847. The van der Waals surface area contributed by atoms with Crippen LogP contribution in [0.3, 0.4) is 0 Å². The molecule has 2 aromatic carbocycles. The third-order valence-corrected chi connectivity index (χ3v) is 6.22. The molecule has 0 unspecified atom stereocenters. The summed E-state index contributed by atoms with van der Waals surface area (Å²) >= 11 is 0. The molecule has 0 radical (unpaired) electrons. The van der Waals surface area contributed by atoms with Crippen LogP contribution in [0.15, 0.2) is 47.4 Å². The van der Waals surface area contributed by atoms with Crippen LogP contribution in [0.25, 0.3) is 11.1 Å². The Morgan fingerprint density at radius 3 is 2.65 bits per heavy atom. The molecule has 1 heterocycles. The van der Waals surface area contributed by atoms with E-state index in [-0.39, 0.29) is 17.3 Å². The van der Waals surface area contributed by atoms with E-state index in [1.807, 2.05) is 25.1 Å². The first kappa shape index (κ1) is 18.4. The summed E-state index contributed by atoms with van der Waals surface area (Å²) in [5.41, 5.74) is 3.15. The fourth-order valence-corrected chi connectivity index (χ4v) is 4.70. The summed E-state index contributed by atoms with van der Waals surface area (Å²) in [5, 5.41) is 2.68. The number of benzene rings is 2. The van der Waals surface area contributed by atoms with Gasteiger partial charge in [0.05, 0.1) is 17.2 Å². The van der Waals surface area contributed by atoms with Crippen molar-refractivity contribution >= 4 is 21.6 Å². The van der Waals surface area contributed by atoms with Crippen LogP contribution in [0.5, 0.6) is 0 Å². The minimum Gasteiger partial charge on any atom is -0.383 e. The lowest BCUT2D eigenvalue weighted by molar-refractivity contribution is -0.119. The molecule has 0 saturated heterocycles. The van der Waals surface area contributed by atoms with E-state index in [9.17, 15) is 13.2 Å². The number of carbonyl (C=O) groups is 1. The van der Waals surface area contributed by atoms with Gasteiger partial charge >= 0.3 is 0 Å². The molecule has 7 heteroatoms. The Labute approximate surface area is 153 Å². The third-order valence-electron chi connectivity index (χ3n) is 4.40. The predicted molar refractivity (Wildman–Crippen MR) is 101 cm³/mol. The minimum absolute atomic E-state index is 0.227. The van der Waals surface area contributed by atoms with Crippen molar-refractivity contribution in [1.82, 2.24) is 5.32 Å². The summed E-state index contributed by atoms with van der Waals surface area (Å²) in [7, 11) is -2.26. The average Bonchev–Trinajstić information content (AvgIpc) is 2.65. The number of hydrogen-bond donors (Lipinski definition) is 1. The van der Waals surface area contributed by atoms with Crippen molar-refractivity contribution in [3.8, 4) is 11.1 Å². The van der Waals surface area contributed by atoms with E-state index in [4.69, 9.17) is 4.74 Å². The minimum atomic E-state index is -3.80. The van der Waals surface area contributed by atoms with Crippen LogP contribution >= 0.6 is 0 Å². The van der Waals surface area contributed by atoms with Gasteiger partial charge in [-0.05, 0) is 30.2 Å².